The Morgan fingerprint density at radius 2 is 1.55 bits per heavy atom. The van der Waals surface area contributed by atoms with E-state index in [-0.39, 0.29) is 0 Å². The molecule has 0 saturated heterocycles. The molecule has 0 saturated carbocycles. The van der Waals surface area contributed by atoms with Gasteiger partial charge in [-0.25, -0.2) is 4.79 Å². The van der Waals surface area contributed by atoms with Gasteiger partial charge in [-0.3, -0.25) is 4.99 Å². The van der Waals surface area contributed by atoms with Gasteiger partial charge in [0, 0.05) is 18.7 Å². The topological polar surface area (TPSA) is 47.9 Å². The van der Waals surface area contributed by atoms with Crippen LogP contribution < -0.4 is 4.74 Å². The van der Waals surface area contributed by atoms with Gasteiger partial charge in [0.15, 0.2) is 0 Å². The first-order chi connectivity index (χ1) is 14.2. The molecule has 0 atom stereocenters. The van der Waals surface area contributed by atoms with Crippen LogP contribution in [-0.2, 0) is 9.53 Å². The van der Waals surface area contributed by atoms with Gasteiger partial charge >= 0.3 is 5.97 Å². The summed E-state index contributed by atoms with van der Waals surface area (Å²) in [4.78, 5) is 15.4. The molecule has 0 aromatic heterocycles. The van der Waals surface area contributed by atoms with Gasteiger partial charge in [-0.2, -0.15) is 0 Å². The maximum absolute atomic E-state index is 10.9. The smallest absolute Gasteiger partial charge is 0.330 e. The van der Waals surface area contributed by atoms with Gasteiger partial charge in [-0.05, 0) is 41.0 Å². The lowest BCUT2D eigenvalue weighted by atomic mass is 10.0. The number of carbonyl (C=O) groups excluding carboxylic acids is 1. The van der Waals surface area contributed by atoms with Crippen LogP contribution in [0, 0.1) is 0 Å². The van der Waals surface area contributed by atoms with Crippen molar-refractivity contribution in [1.82, 2.24) is 0 Å². The van der Waals surface area contributed by atoms with Crippen molar-refractivity contribution in [1.29, 1.82) is 0 Å². The number of nitrogens with zero attached hydrogens (tertiary/aromatic N) is 1. The summed E-state index contributed by atoms with van der Waals surface area (Å²) in [6.45, 7) is 4.14. The molecule has 29 heavy (non-hydrogen) atoms. The van der Waals surface area contributed by atoms with E-state index in [0.29, 0.717) is 19.6 Å². The normalized spacial score (nSPS) is 10.6. The number of esters is 1. The van der Waals surface area contributed by atoms with Crippen LogP contribution in [0.3, 0.4) is 0 Å². The van der Waals surface area contributed by atoms with Crippen LogP contribution in [0.4, 0.5) is 5.69 Å². The van der Waals surface area contributed by atoms with Gasteiger partial charge < -0.3 is 9.47 Å². The molecule has 0 heterocycles. The molecule has 4 nitrogen and oxygen atoms in total. The van der Waals surface area contributed by atoms with Crippen LogP contribution in [-0.4, -0.2) is 25.4 Å². The van der Waals surface area contributed by atoms with Gasteiger partial charge in [0.25, 0.3) is 0 Å². The van der Waals surface area contributed by atoms with Gasteiger partial charge in [0.05, 0.1) is 18.9 Å². The molecule has 0 aliphatic heterocycles. The summed E-state index contributed by atoms with van der Waals surface area (Å²) in [7, 11) is 0. The van der Waals surface area contributed by atoms with E-state index in [2.05, 4.69) is 48.0 Å². The quantitative estimate of drug-likeness (QED) is 0.208. The van der Waals surface area contributed by atoms with Crippen molar-refractivity contribution < 1.29 is 14.3 Å². The third-order valence-corrected chi connectivity index (χ3v) is 4.19. The van der Waals surface area contributed by atoms with Crippen molar-refractivity contribution in [3.63, 3.8) is 0 Å². The molecule has 0 aliphatic carbocycles. The second kappa shape index (κ2) is 10.6. The molecular weight excluding hydrogens is 362 g/mol. The zero-order valence-electron chi connectivity index (χ0n) is 16.2. The molecule has 0 N–H and O–H groups in total. The Kier molecular flexibility index (Phi) is 7.35. The Hall–Kier alpha value is -3.66. The molecule has 3 rings (SSSR count). The summed E-state index contributed by atoms with van der Waals surface area (Å²) in [5, 5.41) is 0. The fourth-order valence-corrected chi connectivity index (χ4v) is 2.65. The van der Waals surface area contributed by atoms with Crippen LogP contribution in [0.15, 0.2) is 96.5 Å². The first-order valence-electron chi connectivity index (χ1n) is 9.46. The van der Waals surface area contributed by atoms with Crippen molar-refractivity contribution in [2.45, 2.75) is 6.42 Å². The summed E-state index contributed by atoms with van der Waals surface area (Å²) in [6.07, 6.45) is 3.62. The van der Waals surface area contributed by atoms with E-state index in [1.54, 1.807) is 0 Å². The highest BCUT2D eigenvalue weighted by molar-refractivity contribution is 5.83. The van der Waals surface area contributed by atoms with Crippen molar-refractivity contribution in [2.24, 2.45) is 4.99 Å². The Bertz CT molecular complexity index is 946. The van der Waals surface area contributed by atoms with Crippen molar-refractivity contribution >= 4 is 17.9 Å². The summed E-state index contributed by atoms with van der Waals surface area (Å²) in [6, 6.07) is 26.2. The SMILES string of the molecule is C=CC(=O)OCCCOc1ccc(N=Cc2ccc(-c3ccccc3)cc2)cc1. The second-order valence-electron chi connectivity index (χ2n) is 6.31. The highest BCUT2D eigenvalue weighted by atomic mass is 16.5. The molecule has 0 aliphatic rings. The number of rotatable bonds is 9. The number of carbonyl (C=O) groups is 1. The number of hydrogen-bond acceptors (Lipinski definition) is 4. The number of hydrogen-bond donors (Lipinski definition) is 0. The molecule has 0 bridgehead atoms. The summed E-state index contributed by atoms with van der Waals surface area (Å²) < 4.78 is 10.5. The minimum Gasteiger partial charge on any atom is -0.493 e. The summed E-state index contributed by atoms with van der Waals surface area (Å²) in [5.41, 5.74) is 4.28. The largest absolute Gasteiger partial charge is 0.493 e. The fourth-order valence-electron chi connectivity index (χ4n) is 2.65. The van der Waals surface area contributed by atoms with Crippen molar-refractivity contribution in [3.05, 3.63) is 97.1 Å². The minimum atomic E-state index is -0.415. The summed E-state index contributed by atoms with van der Waals surface area (Å²) >= 11 is 0. The monoisotopic (exact) mass is 385 g/mol. The number of benzene rings is 3. The van der Waals surface area contributed by atoms with Gasteiger partial charge in [-0.1, -0.05) is 61.2 Å². The third kappa shape index (κ3) is 6.47. The van der Waals surface area contributed by atoms with Crippen LogP contribution in [0.2, 0.25) is 0 Å². The molecule has 0 fully saturated rings. The molecule has 0 spiro atoms. The van der Waals surface area contributed by atoms with Crippen LogP contribution in [0.1, 0.15) is 12.0 Å². The van der Waals surface area contributed by atoms with Crippen LogP contribution in [0.5, 0.6) is 5.75 Å². The predicted octanol–water partition coefficient (Wildman–Crippen LogP) is 5.60. The Morgan fingerprint density at radius 1 is 0.862 bits per heavy atom. The van der Waals surface area contributed by atoms with E-state index in [1.165, 1.54) is 11.1 Å². The third-order valence-electron chi connectivity index (χ3n) is 4.19. The molecule has 3 aromatic carbocycles. The standard InChI is InChI=1S/C25H23NO3/c1-2-25(27)29-18-6-17-28-24-15-13-23(14-16-24)26-19-20-9-11-22(12-10-20)21-7-4-3-5-8-21/h2-5,7-16,19H,1,6,17-18H2. The highest BCUT2D eigenvalue weighted by Gasteiger charge is 1.98. The van der Waals surface area contributed by atoms with E-state index in [1.807, 2.05) is 48.7 Å². The number of ether oxygens (including phenoxy) is 2. The Labute approximate surface area is 171 Å². The average Bonchev–Trinajstić information content (AvgIpc) is 2.79. The van der Waals surface area contributed by atoms with Crippen molar-refractivity contribution in [2.75, 3.05) is 13.2 Å². The minimum absolute atomic E-state index is 0.316. The Balaban J connectivity index is 1.48. The maximum atomic E-state index is 10.9. The Morgan fingerprint density at radius 3 is 2.24 bits per heavy atom. The maximum Gasteiger partial charge on any atom is 0.330 e. The highest BCUT2D eigenvalue weighted by Crippen LogP contribution is 2.20. The van der Waals surface area contributed by atoms with Crippen LogP contribution in [0.25, 0.3) is 11.1 Å². The average molecular weight is 385 g/mol. The van der Waals surface area contributed by atoms with Gasteiger partial charge in [0.1, 0.15) is 5.75 Å². The summed E-state index contributed by atoms with van der Waals surface area (Å²) in [5.74, 6) is 0.341. The first-order valence-corrected chi connectivity index (χ1v) is 9.46. The lowest BCUT2D eigenvalue weighted by molar-refractivity contribution is -0.137. The molecule has 3 aromatic rings. The first kappa shape index (κ1) is 20.1. The van der Waals surface area contributed by atoms with Crippen LogP contribution >= 0.6 is 0 Å². The van der Waals surface area contributed by atoms with Crippen molar-refractivity contribution in [3.8, 4) is 16.9 Å². The molecular formula is C25H23NO3. The van der Waals surface area contributed by atoms with E-state index >= 15 is 0 Å². The van der Waals surface area contributed by atoms with E-state index in [0.717, 1.165) is 23.1 Å². The molecule has 4 heteroatoms. The lowest BCUT2D eigenvalue weighted by Gasteiger charge is -2.06. The van der Waals surface area contributed by atoms with E-state index in [9.17, 15) is 4.79 Å². The zero-order chi connectivity index (χ0) is 20.3. The number of aliphatic imine (C=N–C) groups is 1. The molecule has 146 valence electrons. The molecule has 0 radical (unpaired) electrons. The molecule has 0 amide bonds. The zero-order valence-corrected chi connectivity index (χ0v) is 16.2. The van der Waals surface area contributed by atoms with E-state index in [4.69, 9.17) is 9.47 Å². The van der Waals surface area contributed by atoms with Gasteiger partial charge in [0.2, 0.25) is 0 Å². The van der Waals surface area contributed by atoms with Gasteiger partial charge in [-0.15, -0.1) is 0 Å². The predicted molar refractivity (Wildman–Crippen MR) is 117 cm³/mol. The second-order valence-corrected chi connectivity index (χ2v) is 6.31. The lowest BCUT2D eigenvalue weighted by Crippen LogP contribution is -2.06. The molecule has 0 unspecified atom stereocenters. The fraction of sp³-hybridized carbons (Fsp3) is 0.120. The van der Waals surface area contributed by atoms with E-state index < -0.39 is 5.97 Å².